The summed E-state index contributed by atoms with van der Waals surface area (Å²) in [6, 6.07) is 13.9. The zero-order chi connectivity index (χ0) is 23.5. The predicted octanol–water partition coefficient (Wildman–Crippen LogP) is 4.77. The standard InChI is InChI=1S/C22H15N5O4S3/c23-10-15(21-26-18(12-33-21)14-1-6-19-20(9-14)31-13-30-19)11-25-16-2-4-17(5-3-16)34(28,29)27-22-24-7-8-32-22/h1-9,11-12,25H,13H2,(H,24,27)/b15-11-. The fraction of sp³-hybridized carbons (Fsp3) is 0.0455. The smallest absolute Gasteiger partial charge is 0.263 e. The van der Waals surface area contributed by atoms with Gasteiger partial charge in [-0.2, -0.15) is 5.26 Å². The van der Waals surface area contributed by atoms with Gasteiger partial charge in [0.15, 0.2) is 16.6 Å². The minimum atomic E-state index is -3.73. The van der Waals surface area contributed by atoms with E-state index in [0.29, 0.717) is 32.9 Å². The summed E-state index contributed by atoms with van der Waals surface area (Å²) in [5, 5.41) is 17.0. The van der Waals surface area contributed by atoms with Crippen LogP contribution >= 0.6 is 22.7 Å². The Morgan fingerprint density at radius 1 is 1.12 bits per heavy atom. The van der Waals surface area contributed by atoms with Gasteiger partial charge < -0.3 is 14.8 Å². The number of fused-ring (bicyclic) bond motifs is 1. The quantitative estimate of drug-likeness (QED) is 0.341. The maximum atomic E-state index is 12.4. The van der Waals surface area contributed by atoms with Crippen LogP contribution in [0, 0.1) is 11.3 Å². The fourth-order valence-electron chi connectivity index (χ4n) is 3.06. The van der Waals surface area contributed by atoms with Crippen molar-refractivity contribution in [3.05, 3.63) is 70.6 Å². The molecule has 0 radical (unpaired) electrons. The summed E-state index contributed by atoms with van der Waals surface area (Å²) in [5.41, 5.74) is 2.55. The molecule has 0 amide bonds. The van der Waals surface area contributed by atoms with Crippen molar-refractivity contribution in [1.29, 1.82) is 5.26 Å². The lowest BCUT2D eigenvalue weighted by molar-refractivity contribution is 0.174. The normalized spacial score (nSPS) is 12.9. The van der Waals surface area contributed by atoms with Crippen molar-refractivity contribution in [2.45, 2.75) is 4.90 Å². The third-order valence-corrected chi connectivity index (χ3v) is 7.77. The van der Waals surface area contributed by atoms with Crippen LogP contribution in [0.25, 0.3) is 16.8 Å². The van der Waals surface area contributed by atoms with Gasteiger partial charge in [-0.15, -0.1) is 22.7 Å². The van der Waals surface area contributed by atoms with Gasteiger partial charge in [-0.25, -0.2) is 18.4 Å². The van der Waals surface area contributed by atoms with Gasteiger partial charge in [-0.1, -0.05) is 0 Å². The number of nitrogens with one attached hydrogen (secondary N) is 2. The number of sulfonamides is 1. The first-order valence-electron chi connectivity index (χ1n) is 9.77. The van der Waals surface area contributed by atoms with Gasteiger partial charge in [0.25, 0.3) is 10.0 Å². The SMILES string of the molecule is N#C/C(=C/Nc1ccc(S(=O)(=O)Nc2nccs2)cc1)c1nc(-c2ccc3c(c2)OCO3)cs1. The molecule has 5 rings (SSSR count). The van der Waals surface area contributed by atoms with Gasteiger partial charge >= 0.3 is 0 Å². The number of thiazole rings is 2. The molecular weight excluding hydrogens is 494 g/mol. The van der Waals surface area contributed by atoms with E-state index in [-0.39, 0.29) is 11.7 Å². The van der Waals surface area contributed by atoms with Crippen LogP contribution in [-0.4, -0.2) is 25.2 Å². The Bertz CT molecular complexity index is 1500. The molecule has 0 spiro atoms. The summed E-state index contributed by atoms with van der Waals surface area (Å²) in [7, 11) is -3.73. The monoisotopic (exact) mass is 509 g/mol. The molecule has 170 valence electrons. The van der Waals surface area contributed by atoms with Gasteiger partial charge in [0.2, 0.25) is 6.79 Å². The van der Waals surface area contributed by atoms with Crippen LogP contribution in [-0.2, 0) is 10.0 Å². The molecule has 0 aliphatic carbocycles. The molecular formula is C22H15N5O4S3. The van der Waals surface area contributed by atoms with E-state index in [1.165, 1.54) is 41.0 Å². The third kappa shape index (κ3) is 4.58. The van der Waals surface area contributed by atoms with E-state index >= 15 is 0 Å². The summed E-state index contributed by atoms with van der Waals surface area (Å²) in [4.78, 5) is 8.60. The van der Waals surface area contributed by atoms with Crippen LogP contribution in [0.4, 0.5) is 10.8 Å². The molecule has 0 unspecified atom stereocenters. The Balaban J connectivity index is 1.29. The summed E-state index contributed by atoms with van der Waals surface area (Å²) in [6.45, 7) is 0.198. The molecule has 34 heavy (non-hydrogen) atoms. The number of rotatable bonds is 7. The van der Waals surface area contributed by atoms with Crippen molar-refractivity contribution in [2.75, 3.05) is 16.8 Å². The number of nitrogens with zero attached hydrogens (tertiary/aromatic N) is 3. The molecule has 4 aromatic rings. The van der Waals surface area contributed by atoms with E-state index in [0.717, 1.165) is 11.3 Å². The van der Waals surface area contributed by atoms with Gasteiger partial charge in [-0.3, -0.25) is 4.72 Å². The van der Waals surface area contributed by atoms with Gasteiger partial charge in [0, 0.05) is 34.4 Å². The summed E-state index contributed by atoms with van der Waals surface area (Å²) in [6.07, 6.45) is 3.06. The number of allylic oxidation sites excluding steroid dienone is 1. The molecule has 1 aliphatic rings. The molecule has 1 aliphatic heterocycles. The van der Waals surface area contributed by atoms with Crippen LogP contribution in [0.15, 0.2) is 70.5 Å². The third-order valence-electron chi connectivity index (χ3n) is 4.73. The van der Waals surface area contributed by atoms with E-state index < -0.39 is 10.0 Å². The van der Waals surface area contributed by atoms with Crippen molar-refractivity contribution in [2.24, 2.45) is 0 Å². The number of aromatic nitrogens is 2. The van der Waals surface area contributed by atoms with E-state index in [2.05, 4.69) is 26.1 Å². The van der Waals surface area contributed by atoms with Gasteiger partial charge in [0.05, 0.1) is 10.6 Å². The number of ether oxygens (including phenoxy) is 2. The molecule has 2 N–H and O–H groups in total. The van der Waals surface area contributed by atoms with E-state index in [1.54, 1.807) is 23.7 Å². The number of hydrogen-bond donors (Lipinski definition) is 2. The average molecular weight is 510 g/mol. The van der Waals surface area contributed by atoms with Crippen molar-refractivity contribution in [3.8, 4) is 28.8 Å². The van der Waals surface area contributed by atoms with Crippen molar-refractivity contribution >= 4 is 49.1 Å². The number of hydrogen-bond acceptors (Lipinski definition) is 10. The highest BCUT2D eigenvalue weighted by Gasteiger charge is 2.17. The Morgan fingerprint density at radius 3 is 2.71 bits per heavy atom. The second-order valence-corrected chi connectivity index (χ2v) is 10.3. The fourth-order valence-corrected chi connectivity index (χ4v) is 5.64. The second-order valence-electron chi connectivity index (χ2n) is 6.89. The molecule has 0 saturated carbocycles. The minimum absolute atomic E-state index is 0.103. The topological polar surface area (TPSA) is 126 Å². The lowest BCUT2D eigenvalue weighted by atomic mass is 10.1. The van der Waals surface area contributed by atoms with Crippen LogP contribution < -0.4 is 19.5 Å². The molecule has 9 nitrogen and oxygen atoms in total. The number of benzene rings is 2. The lowest BCUT2D eigenvalue weighted by Gasteiger charge is -2.06. The average Bonchev–Trinajstić information content (AvgIpc) is 3.61. The molecule has 2 aromatic carbocycles. The zero-order valence-electron chi connectivity index (χ0n) is 17.3. The van der Waals surface area contributed by atoms with Gasteiger partial charge in [-0.05, 0) is 42.5 Å². The maximum absolute atomic E-state index is 12.4. The molecule has 12 heteroatoms. The molecule has 3 heterocycles. The van der Waals surface area contributed by atoms with E-state index in [9.17, 15) is 13.7 Å². The molecule has 0 saturated heterocycles. The highest BCUT2D eigenvalue weighted by molar-refractivity contribution is 7.93. The van der Waals surface area contributed by atoms with Crippen LogP contribution in [0.1, 0.15) is 5.01 Å². The highest BCUT2D eigenvalue weighted by atomic mass is 32.2. The number of nitriles is 1. The van der Waals surface area contributed by atoms with Crippen molar-refractivity contribution in [1.82, 2.24) is 9.97 Å². The van der Waals surface area contributed by atoms with Crippen molar-refractivity contribution in [3.63, 3.8) is 0 Å². The van der Waals surface area contributed by atoms with E-state index in [1.807, 2.05) is 23.6 Å². The van der Waals surface area contributed by atoms with Crippen LogP contribution in [0.2, 0.25) is 0 Å². The second kappa shape index (κ2) is 9.14. The molecule has 0 atom stereocenters. The van der Waals surface area contributed by atoms with E-state index in [4.69, 9.17) is 9.47 Å². The zero-order valence-corrected chi connectivity index (χ0v) is 19.7. The molecule has 0 bridgehead atoms. The first kappa shape index (κ1) is 21.9. The Kier molecular flexibility index (Phi) is 5.89. The molecule has 2 aromatic heterocycles. The Morgan fingerprint density at radius 2 is 1.94 bits per heavy atom. The number of anilines is 2. The summed E-state index contributed by atoms with van der Waals surface area (Å²) in [5.74, 6) is 1.36. The Labute approximate surface area is 203 Å². The van der Waals surface area contributed by atoms with Crippen LogP contribution in [0.3, 0.4) is 0 Å². The van der Waals surface area contributed by atoms with Crippen LogP contribution in [0.5, 0.6) is 11.5 Å². The minimum Gasteiger partial charge on any atom is -0.454 e. The highest BCUT2D eigenvalue weighted by Crippen LogP contribution is 2.36. The summed E-state index contributed by atoms with van der Waals surface area (Å²) < 4.78 is 38.1. The largest absolute Gasteiger partial charge is 0.454 e. The first-order valence-corrected chi connectivity index (χ1v) is 13.0. The van der Waals surface area contributed by atoms with Crippen molar-refractivity contribution < 1.29 is 17.9 Å². The predicted molar refractivity (Wildman–Crippen MR) is 130 cm³/mol. The Hall–Kier alpha value is -3.92. The molecule has 0 fully saturated rings. The van der Waals surface area contributed by atoms with Gasteiger partial charge in [0.1, 0.15) is 16.6 Å². The lowest BCUT2D eigenvalue weighted by Crippen LogP contribution is -2.12. The maximum Gasteiger partial charge on any atom is 0.263 e. The first-order chi connectivity index (χ1) is 16.5. The summed E-state index contributed by atoms with van der Waals surface area (Å²) >= 11 is 2.54.